The number of rotatable bonds is 20. The van der Waals surface area contributed by atoms with E-state index in [0.717, 1.165) is 23.0 Å². The number of aliphatic carboxylic acids is 1. The first-order valence-electron chi connectivity index (χ1n) is 18.9. The molecule has 0 bridgehead atoms. The topological polar surface area (TPSA) is 148 Å². The fraction of sp³-hybridized carbons (Fsp3) is 0.476. The van der Waals surface area contributed by atoms with Crippen molar-refractivity contribution in [3.05, 3.63) is 108 Å². The van der Waals surface area contributed by atoms with E-state index in [1.54, 1.807) is 4.90 Å². The predicted octanol–water partition coefficient (Wildman–Crippen LogP) is 2.59. The average Bonchev–Trinajstić information content (AvgIpc) is 3.22. The third-order valence-corrected chi connectivity index (χ3v) is 9.74. The zero-order valence-corrected chi connectivity index (χ0v) is 32.5. The van der Waals surface area contributed by atoms with Crippen molar-refractivity contribution in [1.29, 1.82) is 0 Å². The fourth-order valence-electron chi connectivity index (χ4n) is 6.55. The summed E-state index contributed by atoms with van der Waals surface area (Å²) in [6.07, 6.45) is 0.849. The van der Waals surface area contributed by atoms with E-state index in [4.69, 9.17) is 23.7 Å². The molecular formula is C42H56N4O10. The monoisotopic (exact) mass is 776 g/mol. The Morgan fingerprint density at radius 3 is 1.30 bits per heavy atom. The summed E-state index contributed by atoms with van der Waals surface area (Å²) >= 11 is 0. The largest absolute Gasteiger partial charge is 0.480 e. The molecule has 14 nitrogen and oxygen atoms in total. The molecule has 14 heteroatoms. The maximum absolute atomic E-state index is 13.5. The summed E-state index contributed by atoms with van der Waals surface area (Å²) in [5, 5.41) is 9.84. The number of benzene rings is 3. The molecule has 1 aliphatic heterocycles. The van der Waals surface area contributed by atoms with Crippen molar-refractivity contribution in [2.75, 3.05) is 92.9 Å². The maximum Gasteiger partial charge on any atom is 0.325 e. The number of hydrogen-bond donors (Lipinski definition) is 1. The van der Waals surface area contributed by atoms with Crippen LogP contribution < -0.4 is 0 Å². The van der Waals surface area contributed by atoms with E-state index < -0.39 is 36.0 Å². The van der Waals surface area contributed by atoms with Crippen LogP contribution in [-0.4, -0.2) is 160 Å². The van der Waals surface area contributed by atoms with E-state index in [1.165, 1.54) is 14.2 Å². The SMILES string of the molecule is COC(=O)C(COCc1ccccc1)N1CCN(CC(=O)O)CCN(C(C=O)COCc2ccccc2)CCN(C(COCc2ccccc2)C(=O)OC)CC1. The third kappa shape index (κ3) is 15.2. The second-order valence-corrected chi connectivity index (χ2v) is 13.6. The fourth-order valence-corrected chi connectivity index (χ4v) is 6.55. The molecule has 0 saturated carbocycles. The van der Waals surface area contributed by atoms with Gasteiger partial charge in [0.15, 0.2) is 0 Å². The van der Waals surface area contributed by atoms with Crippen LogP contribution in [0.25, 0.3) is 0 Å². The van der Waals surface area contributed by atoms with Crippen molar-refractivity contribution in [2.45, 2.75) is 37.9 Å². The van der Waals surface area contributed by atoms with E-state index in [2.05, 4.69) is 0 Å². The highest BCUT2D eigenvalue weighted by Gasteiger charge is 2.33. The molecule has 56 heavy (non-hydrogen) atoms. The van der Waals surface area contributed by atoms with E-state index in [-0.39, 0.29) is 39.6 Å². The Morgan fingerprint density at radius 1 is 0.571 bits per heavy atom. The van der Waals surface area contributed by atoms with Gasteiger partial charge in [-0.05, 0) is 16.7 Å². The van der Waals surface area contributed by atoms with Gasteiger partial charge in [-0.3, -0.25) is 34.0 Å². The molecule has 3 unspecified atom stereocenters. The van der Waals surface area contributed by atoms with Gasteiger partial charge < -0.3 is 33.6 Å². The Labute approximate surface area is 329 Å². The highest BCUT2D eigenvalue weighted by Crippen LogP contribution is 2.14. The number of methoxy groups -OCH3 is 2. The minimum atomic E-state index is -0.994. The molecule has 0 spiro atoms. The molecule has 3 aromatic carbocycles. The number of hydrogen-bond acceptors (Lipinski definition) is 13. The van der Waals surface area contributed by atoms with Gasteiger partial charge in [0.2, 0.25) is 0 Å². The number of carbonyl (C=O) groups is 4. The molecule has 0 aromatic heterocycles. The molecular weight excluding hydrogens is 720 g/mol. The minimum absolute atomic E-state index is 0.0267. The van der Waals surface area contributed by atoms with Gasteiger partial charge in [-0.25, -0.2) is 0 Å². The number of nitrogens with zero attached hydrogens (tertiary/aromatic N) is 4. The number of carbonyl (C=O) groups excluding carboxylic acids is 3. The van der Waals surface area contributed by atoms with Gasteiger partial charge in [0.1, 0.15) is 18.4 Å². The summed E-state index contributed by atoms with van der Waals surface area (Å²) < 4.78 is 28.7. The third-order valence-electron chi connectivity index (χ3n) is 9.74. The summed E-state index contributed by atoms with van der Waals surface area (Å²) in [6.45, 7) is 3.33. The van der Waals surface area contributed by atoms with E-state index >= 15 is 0 Å². The van der Waals surface area contributed by atoms with Crippen molar-refractivity contribution in [3.63, 3.8) is 0 Å². The molecule has 304 valence electrons. The smallest absolute Gasteiger partial charge is 0.325 e. The van der Waals surface area contributed by atoms with Gasteiger partial charge in [0.05, 0.1) is 66.4 Å². The van der Waals surface area contributed by atoms with Crippen LogP contribution in [0.2, 0.25) is 0 Å². The average molecular weight is 777 g/mol. The summed E-state index contributed by atoms with van der Waals surface area (Å²) in [7, 11) is 2.66. The Balaban J connectivity index is 1.60. The highest BCUT2D eigenvalue weighted by molar-refractivity contribution is 5.76. The van der Waals surface area contributed by atoms with Crippen LogP contribution in [0.4, 0.5) is 0 Å². The number of carboxylic acids is 1. The van der Waals surface area contributed by atoms with Gasteiger partial charge in [-0.15, -0.1) is 0 Å². The van der Waals surface area contributed by atoms with Crippen molar-refractivity contribution >= 4 is 24.2 Å². The van der Waals surface area contributed by atoms with Crippen molar-refractivity contribution in [3.8, 4) is 0 Å². The molecule has 1 heterocycles. The molecule has 1 N–H and O–H groups in total. The van der Waals surface area contributed by atoms with Crippen LogP contribution in [0.1, 0.15) is 16.7 Å². The van der Waals surface area contributed by atoms with E-state index in [0.29, 0.717) is 59.0 Å². The van der Waals surface area contributed by atoms with Crippen molar-refractivity contribution in [2.24, 2.45) is 0 Å². The van der Waals surface area contributed by atoms with Crippen LogP contribution >= 0.6 is 0 Å². The lowest BCUT2D eigenvalue weighted by Crippen LogP contribution is -2.56. The number of carboxylic acid groups (broad SMARTS) is 1. The van der Waals surface area contributed by atoms with Gasteiger partial charge in [0, 0.05) is 52.4 Å². The standard InChI is InChI=1S/C42H56N4O10/c1-52-41(50)38(32-55-29-35-14-8-4-9-15-35)45-21-19-43(26-40(48)49)18-20-44(37(27-47)31-54-28-34-12-6-3-7-13-34)22-23-46(25-24-45)39(42(51)53-2)33-56-30-36-16-10-5-11-17-36/h3-17,27,37-39H,18-26,28-33H2,1-2H3,(H,48,49). The quantitative estimate of drug-likeness (QED) is 0.133. The second-order valence-electron chi connectivity index (χ2n) is 13.6. The summed E-state index contributed by atoms with van der Waals surface area (Å²) in [5.74, 6) is -1.97. The number of ether oxygens (including phenoxy) is 5. The van der Waals surface area contributed by atoms with Crippen LogP contribution in [0, 0.1) is 0 Å². The summed E-state index contributed by atoms with van der Waals surface area (Å²) in [5.41, 5.74) is 2.87. The molecule has 4 rings (SSSR count). The molecule has 0 amide bonds. The summed E-state index contributed by atoms with van der Waals surface area (Å²) in [6, 6.07) is 26.7. The lowest BCUT2D eigenvalue weighted by atomic mass is 10.2. The minimum Gasteiger partial charge on any atom is -0.480 e. The van der Waals surface area contributed by atoms with E-state index in [9.17, 15) is 24.3 Å². The molecule has 1 fully saturated rings. The van der Waals surface area contributed by atoms with Crippen molar-refractivity contribution < 1.29 is 48.0 Å². The molecule has 1 saturated heterocycles. The molecule has 3 atom stereocenters. The lowest BCUT2D eigenvalue weighted by molar-refractivity contribution is -0.153. The van der Waals surface area contributed by atoms with Gasteiger partial charge >= 0.3 is 17.9 Å². The molecule has 0 aliphatic carbocycles. The highest BCUT2D eigenvalue weighted by atomic mass is 16.5. The zero-order valence-electron chi connectivity index (χ0n) is 32.5. The van der Waals surface area contributed by atoms with Gasteiger partial charge in [-0.2, -0.15) is 0 Å². The van der Waals surface area contributed by atoms with Crippen LogP contribution in [0.15, 0.2) is 91.0 Å². The van der Waals surface area contributed by atoms with Crippen LogP contribution in [-0.2, 0) is 62.7 Å². The Kier molecular flexibility index (Phi) is 19.6. The Hall–Kier alpha value is -4.54. The maximum atomic E-state index is 13.5. The van der Waals surface area contributed by atoms with Gasteiger partial charge in [0.25, 0.3) is 0 Å². The van der Waals surface area contributed by atoms with E-state index in [1.807, 2.05) is 106 Å². The Bertz CT molecular complexity index is 1590. The van der Waals surface area contributed by atoms with Gasteiger partial charge in [-0.1, -0.05) is 91.0 Å². The van der Waals surface area contributed by atoms with Crippen LogP contribution in [0.5, 0.6) is 0 Å². The zero-order chi connectivity index (χ0) is 40.0. The first-order chi connectivity index (χ1) is 27.3. The van der Waals surface area contributed by atoms with Crippen LogP contribution in [0.3, 0.4) is 0 Å². The molecule has 1 aliphatic rings. The first kappa shape index (κ1) is 44.2. The summed E-state index contributed by atoms with van der Waals surface area (Å²) in [4.78, 5) is 59.1. The molecule has 3 aromatic rings. The lowest BCUT2D eigenvalue weighted by Gasteiger charge is -2.38. The molecule has 0 radical (unpaired) electrons. The number of aldehydes is 1. The predicted molar refractivity (Wildman–Crippen MR) is 209 cm³/mol. The number of esters is 2. The second kappa shape index (κ2) is 24.9. The Morgan fingerprint density at radius 2 is 0.929 bits per heavy atom. The first-order valence-corrected chi connectivity index (χ1v) is 18.9. The van der Waals surface area contributed by atoms with Crippen molar-refractivity contribution in [1.82, 2.24) is 19.6 Å². The normalized spacial score (nSPS) is 17.1.